The summed E-state index contributed by atoms with van der Waals surface area (Å²) >= 11 is 1.82. The molecule has 0 aliphatic heterocycles. The van der Waals surface area contributed by atoms with Crippen LogP contribution in [0.2, 0.25) is 0 Å². The molecule has 0 aliphatic carbocycles. The first-order valence-corrected chi connectivity index (χ1v) is 14.1. The van der Waals surface area contributed by atoms with E-state index in [0.29, 0.717) is 47.7 Å². The van der Waals surface area contributed by atoms with Gasteiger partial charge in [0.05, 0.1) is 34.5 Å². The summed E-state index contributed by atoms with van der Waals surface area (Å²) in [6.45, 7) is 8.26. The highest BCUT2D eigenvalue weighted by Gasteiger charge is 2.12. The molecule has 0 saturated carbocycles. The van der Waals surface area contributed by atoms with Gasteiger partial charge in [-0.15, -0.1) is 11.3 Å². The Morgan fingerprint density at radius 1 is 1.10 bits per heavy atom. The Morgan fingerprint density at radius 2 is 1.81 bits per heavy atom. The van der Waals surface area contributed by atoms with Gasteiger partial charge in [0.2, 0.25) is 0 Å². The van der Waals surface area contributed by atoms with Crippen molar-refractivity contribution >= 4 is 46.5 Å². The van der Waals surface area contributed by atoms with Gasteiger partial charge in [-0.25, -0.2) is 9.78 Å². The Balaban J connectivity index is 0.000000300. The summed E-state index contributed by atoms with van der Waals surface area (Å²) in [5.41, 5.74) is 3.18. The Kier molecular flexibility index (Phi) is 14.9. The molecule has 9 heteroatoms. The molecule has 0 N–H and O–H groups in total. The summed E-state index contributed by atoms with van der Waals surface area (Å²) in [4.78, 5) is 40.1. The van der Waals surface area contributed by atoms with Gasteiger partial charge in [-0.1, -0.05) is 38.6 Å². The van der Waals surface area contributed by atoms with E-state index in [1.165, 1.54) is 22.2 Å². The number of esters is 1. The molecule has 220 valence electrons. The number of hydrogen-bond donors (Lipinski definition) is 0. The number of para-hydroxylation sites is 1. The average Bonchev–Trinajstić information content (AvgIpc) is 3.47. The van der Waals surface area contributed by atoms with Gasteiger partial charge in [-0.3, -0.25) is 14.6 Å². The minimum Gasteiger partial charge on any atom is -0.497 e. The van der Waals surface area contributed by atoms with E-state index in [1.807, 2.05) is 29.5 Å². The van der Waals surface area contributed by atoms with E-state index >= 15 is 0 Å². The molecule has 1 atom stereocenters. The largest absolute Gasteiger partial charge is 0.497 e. The quantitative estimate of drug-likeness (QED) is 0.0471. The molecule has 42 heavy (non-hydrogen) atoms. The molecule has 3 aromatic carbocycles. The Labute approximate surface area is 250 Å². The van der Waals surface area contributed by atoms with Crippen LogP contribution in [0, 0.1) is 0 Å². The number of allylic oxidation sites excluding steroid dienone is 1. The molecule has 8 nitrogen and oxygen atoms in total. The van der Waals surface area contributed by atoms with Crippen molar-refractivity contribution in [2.75, 3.05) is 20.8 Å². The zero-order valence-corrected chi connectivity index (χ0v) is 25.1. The number of nitrogens with zero attached hydrogens (tertiary/aromatic N) is 2. The van der Waals surface area contributed by atoms with Crippen LogP contribution in [0.1, 0.15) is 52.7 Å². The Morgan fingerprint density at radius 3 is 2.40 bits per heavy atom. The summed E-state index contributed by atoms with van der Waals surface area (Å²) in [5.74, 6) is 1.20. The van der Waals surface area contributed by atoms with Crippen LogP contribution in [0.3, 0.4) is 0 Å². The first-order valence-electron chi connectivity index (χ1n) is 13.3. The highest BCUT2D eigenvalue weighted by atomic mass is 32.1. The first kappa shape index (κ1) is 33.6. The molecule has 1 aromatic heterocycles. The lowest BCUT2D eigenvalue weighted by molar-refractivity contribution is -0.128. The molecule has 0 bridgehead atoms. The van der Waals surface area contributed by atoms with Gasteiger partial charge in [-0.2, -0.15) is 0 Å². The van der Waals surface area contributed by atoms with Crippen molar-refractivity contribution in [3.63, 3.8) is 0 Å². The first-order chi connectivity index (χ1) is 20.4. The van der Waals surface area contributed by atoms with E-state index in [2.05, 4.69) is 48.6 Å². The van der Waals surface area contributed by atoms with Crippen LogP contribution >= 0.6 is 11.3 Å². The van der Waals surface area contributed by atoms with Gasteiger partial charge >= 0.3 is 5.97 Å². The maximum absolute atomic E-state index is 12.3. The molecule has 0 amide bonds. The van der Waals surface area contributed by atoms with Crippen LogP contribution in [-0.4, -0.2) is 50.7 Å². The fraction of sp³-hybridized carbons (Fsp3) is 0.242. The number of fused-ring (bicyclic) bond motifs is 1. The highest BCUT2D eigenvalue weighted by Crippen LogP contribution is 2.28. The van der Waals surface area contributed by atoms with Crippen LogP contribution in [0.4, 0.5) is 0 Å². The van der Waals surface area contributed by atoms with Crippen LogP contribution in [0.25, 0.3) is 10.2 Å². The number of hydrogen-bond acceptors (Lipinski definition) is 9. The molecule has 0 aliphatic rings. The third kappa shape index (κ3) is 10.7. The number of methoxy groups -OCH3 is 1. The maximum Gasteiger partial charge on any atom is 0.343 e. The van der Waals surface area contributed by atoms with Crippen molar-refractivity contribution in [3.8, 4) is 11.5 Å². The van der Waals surface area contributed by atoms with Gasteiger partial charge in [0.1, 0.15) is 17.8 Å². The maximum atomic E-state index is 12.3. The van der Waals surface area contributed by atoms with E-state index in [1.54, 1.807) is 50.7 Å². The predicted molar refractivity (Wildman–Crippen MR) is 168 cm³/mol. The number of aliphatic imine (C=N–C) groups is 1. The number of carbonyl (C=O) groups is 3. The zero-order valence-electron chi connectivity index (χ0n) is 24.3. The number of carbonyl (C=O) groups excluding carboxylic acids is 3. The fourth-order valence-electron chi connectivity index (χ4n) is 3.47. The van der Waals surface area contributed by atoms with E-state index in [4.69, 9.17) is 19.0 Å². The normalized spacial score (nSPS) is 10.9. The van der Waals surface area contributed by atoms with Crippen LogP contribution in [0.15, 0.2) is 84.4 Å². The molecule has 1 heterocycles. The van der Waals surface area contributed by atoms with Gasteiger partial charge in [0, 0.05) is 31.2 Å². The van der Waals surface area contributed by atoms with E-state index in [9.17, 15) is 9.59 Å². The molecule has 4 rings (SSSR count). The minimum absolute atomic E-state index is 0.289. The van der Waals surface area contributed by atoms with Gasteiger partial charge in [0.15, 0.2) is 0 Å². The molecule has 0 spiro atoms. The molecule has 0 unspecified atom stereocenters. The zero-order chi connectivity index (χ0) is 30.7. The van der Waals surface area contributed by atoms with E-state index < -0.39 is 5.97 Å². The Bertz CT molecular complexity index is 1420. The van der Waals surface area contributed by atoms with E-state index in [-0.39, 0.29) is 6.61 Å². The summed E-state index contributed by atoms with van der Waals surface area (Å²) in [5, 5.41) is 1.27. The lowest BCUT2D eigenvalue weighted by Crippen LogP contribution is -2.10. The molecule has 0 saturated heterocycles. The highest BCUT2D eigenvalue weighted by molar-refractivity contribution is 7.18. The molecule has 0 fully saturated rings. The predicted octanol–water partition coefficient (Wildman–Crippen LogP) is 6.86. The van der Waals surface area contributed by atoms with Crippen molar-refractivity contribution in [2.45, 2.75) is 32.6 Å². The molecular weight excluding hydrogens is 552 g/mol. The third-order valence-electron chi connectivity index (χ3n) is 5.89. The van der Waals surface area contributed by atoms with Gasteiger partial charge in [-0.05, 0) is 66.6 Å². The second kappa shape index (κ2) is 18.7. The van der Waals surface area contributed by atoms with Crippen molar-refractivity contribution in [3.05, 3.63) is 101 Å². The van der Waals surface area contributed by atoms with Crippen molar-refractivity contribution in [1.82, 2.24) is 4.98 Å². The lowest BCUT2D eigenvalue weighted by atomic mass is 10.1. The SMILES string of the molecule is C=CC=O.CC[C@@H](C)c1nc2ccccc2s1.CN=Cc1cc(CCOC=O)ccc1OC(=O)c1ccc(OC)cc1. The number of aromatic nitrogens is 1. The molecular formula is C33H36N2O6S. The minimum atomic E-state index is -0.467. The van der Waals surface area contributed by atoms with Crippen molar-refractivity contribution < 1.29 is 28.6 Å². The van der Waals surface area contributed by atoms with Crippen LogP contribution in [-0.2, 0) is 20.7 Å². The topological polar surface area (TPSA) is 104 Å². The Hall–Kier alpha value is -4.63. The number of benzene rings is 3. The van der Waals surface area contributed by atoms with Crippen LogP contribution < -0.4 is 9.47 Å². The molecule has 4 aromatic rings. The summed E-state index contributed by atoms with van der Waals surface area (Å²) in [6, 6.07) is 20.4. The number of rotatable bonds is 11. The number of ether oxygens (including phenoxy) is 3. The number of thiazole rings is 1. The summed E-state index contributed by atoms with van der Waals surface area (Å²) in [6.07, 6.45) is 5.18. The van der Waals surface area contributed by atoms with Gasteiger partial charge < -0.3 is 14.2 Å². The monoisotopic (exact) mass is 588 g/mol. The van der Waals surface area contributed by atoms with Crippen molar-refractivity contribution in [2.24, 2.45) is 4.99 Å². The second-order valence-corrected chi connectivity index (χ2v) is 9.86. The van der Waals surface area contributed by atoms with Gasteiger partial charge in [0.25, 0.3) is 6.47 Å². The average molecular weight is 589 g/mol. The number of aldehydes is 1. The summed E-state index contributed by atoms with van der Waals surface area (Å²) in [7, 11) is 3.20. The van der Waals surface area contributed by atoms with E-state index in [0.717, 1.165) is 11.1 Å². The summed E-state index contributed by atoms with van der Waals surface area (Å²) < 4.78 is 16.6. The van der Waals surface area contributed by atoms with Crippen molar-refractivity contribution in [1.29, 1.82) is 0 Å². The third-order valence-corrected chi connectivity index (χ3v) is 7.16. The molecule has 0 radical (unpaired) electrons. The standard InChI is InChI=1S/C19H19NO5.C11H13NS.C3H4O/c1-20-12-16-11-14(9-10-24-13-21)3-8-18(16)25-19(22)15-4-6-17(23-2)7-5-15;1-3-8(2)11-12-9-6-4-5-7-10(9)13-11;1-2-3-4/h3-8,11-13H,9-10H2,1-2H3;4-8H,3H2,1-2H3;2-3H,1H2/t;8-;/m.1./s1. The smallest absolute Gasteiger partial charge is 0.343 e. The second-order valence-electron chi connectivity index (χ2n) is 8.80. The van der Waals surface area contributed by atoms with Crippen LogP contribution in [0.5, 0.6) is 11.5 Å². The lowest BCUT2D eigenvalue weighted by Gasteiger charge is -2.10. The fourth-order valence-corrected chi connectivity index (χ4v) is 4.57.